The van der Waals surface area contributed by atoms with Gasteiger partial charge in [0.05, 0.1) is 20.5 Å². The molecule has 1 spiro atoms. The standard InChI is InChI=1S/C21H22N2O6S/c1-20(2)17-6-3-4-7-18(17)22(12-5-13-30(26,27)28)21(20)11-10-15-14-16(23(24)25)8-9-19(15)29-21/h3-4,6-11,14H,5,12-13H2,1-2H3,(H,26,27,28)/p-1. The maximum absolute atomic E-state index is 11.1. The monoisotopic (exact) mass is 429 g/mol. The Kier molecular flexibility index (Phi) is 4.63. The van der Waals surface area contributed by atoms with Crippen LogP contribution in [0.2, 0.25) is 0 Å². The summed E-state index contributed by atoms with van der Waals surface area (Å²) in [4.78, 5) is 12.6. The van der Waals surface area contributed by atoms with Crippen LogP contribution in [-0.4, -0.2) is 35.9 Å². The summed E-state index contributed by atoms with van der Waals surface area (Å²) in [5.74, 6) is 0.0414. The number of nitro groups is 1. The number of para-hydroxylation sites is 1. The van der Waals surface area contributed by atoms with E-state index in [4.69, 9.17) is 4.74 Å². The third-order valence-electron chi connectivity index (χ3n) is 5.90. The number of ether oxygens (including phenoxy) is 1. The second-order valence-corrected chi connectivity index (χ2v) is 9.54. The van der Waals surface area contributed by atoms with Crippen molar-refractivity contribution in [3.63, 3.8) is 0 Å². The summed E-state index contributed by atoms with van der Waals surface area (Å²) in [6.45, 7) is 4.38. The molecule has 0 saturated heterocycles. The first-order valence-electron chi connectivity index (χ1n) is 9.53. The molecule has 9 heteroatoms. The van der Waals surface area contributed by atoms with Crippen LogP contribution >= 0.6 is 0 Å². The molecule has 0 radical (unpaired) electrons. The predicted octanol–water partition coefficient (Wildman–Crippen LogP) is 3.43. The van der Waals surface area contributed by atoms with E-state index >= 15 is 0 Å². The van der Waals surface area contributed by atoms with Crippen molar-refractivity contribution in [2.75, 3.05) is 17.2 Å². The molecule has 0 fully saturated rings. The van der Waals surface area contributed by atoms with Gasteiger partial charge in [0.1, 0.15) is 5.75 Å². The zero-order valence-electron chi connectivity index (χ0n) is 16.6. The van der Waals surface area contributed by atoms with Gasteiger partial charge in [-0.2, -0.15) is 0 Å². The second-order valence-electron chi connectivity index (χ2n) is 8.02. The highest BCUT2D eigenvalue weighted by molar-refractivity contribution is 7.85. The molecule has 0 aromatic heterocycles. The molecule has 4 rings (SSSR count). The summed E-state index contributed by atoms with van der Waals surface area (Å²) in [6.07, 6.45) is 3.82. The van der Waals surface area contributed by atoms with E-state index < -0.39 is 31.9 Å². The van der Waals surface area contributed by atoms with Crippen LogP contribution in [0.25, 0.3) is 6.08 Å². The van der Waals surface area contributed by atoms with Crippen molar-refractivity contribution in [1.82, 2.24) is 0 Å². The third-order valence-corrected chi connectivity index (χ3v) is 6.69. The average molecular weight is 429 g/mol. The molecule has 0 amide bonds. The van der Waals surface area contributed by atoms with Crippen LogP contribution in [-0.2, 0) is 15.5 Å². The first-order chi connectivity index (χ1) is 14.1. The second kappa shape index (κ2) is 6.82. The molecule has 0 N–H and O–H groups in total. The molecule has 30 heavy (non-hydrogen) atoms. The first kappa shape index (κ1) is 20.4. The number of anilines is 1. The lowest BCUT2D eigenvalue weighted by Gasteiger charge is -2.47. The summed E-state index contributed by atoms with van der Waals surface area (Å²) in [6, 6.07) is 12.2. The van der Waals surface area contributed by atoms with Gasteiger partial charge in [-0.1, -0.05) is 18.2 Å². The first-order valence-corrected chi connectivity index (χ1v) is 11.1. The lowest BCUT2D eigenvalue weighted by molar-refractivity contribution is -0.384. The molecule has 0 bridgehead atoms. The molecule has 158 valence electrons. The SMILES string of the molecule is CC1(C)c2ccccc2N(CCCS(=O)(=O)[O-])C12C=Cc1cc([N+](=O)[O-])ccc1O2. The summed E-state index contributed by atoms with van der Waals surface area (Å²) in [7, 11) is -4.33. The zero-order valence-corrected chi connectivity index (χ0v) is 17.4. The Morgan fingerprint density at radius 1 is 1.17 bits per heavy atom. The van der Waals surface area contributed by atoms with E-state index in [-0.39, 0.29) is 12.1 Å². The molecule has 2 aliphatic rings. The van der Waals surface area contributed by atoms with Crippen molar-refractivity contribution in [3.05, 3.63) is 69.8 Å². The smallest absolute Gasteiger partial charge is 0.270 e. The number of nitro benzene ring substituents is 1. The van der Waals surface area contributed by atoms with E-state index in [0.29, 0.717) is 17.9 Å². The minimum absolute atomic E-state index is 0.0237. The molecular weight excluding hydrogens is 408 g/mol. The lowest BCUT2D eigenvalue weighted by Crippen LogP contribution is -2.59. The number of benzene rings is 2. The highest BCUT2D eigenvalue weighted by atomic mass is 32.2. The number of hydrogen-bond donors (Lipinski definition) is 0. The van der Waals surface area contributed by atoms with E-state index in [2.05, 4.69) is 0 Å². The summed E-state index contributed by atoms with van der Waals surface area (Å²) in [5, 5.41) is 11.1. The Balaban J connectivity index is 1.78. The molecule has 0 aliphatic carbocycles. The van der Waals surface area contributed by atoms with Crippen LogP contribution in [0.3, 0.4) is 0 Å². The van der Waals surface area contributed by atoms with Crippen LogP contribution < -0.4 is 9.64 Å². The maximum atomic E-state index is 11.1. The summed E-state index contributed by atoms with van der Waals surface area (Å²) < 4.78 is 39.9. The summed E-state index contributed by atoms with van der Waals surface area (Å²) in [5.41, 5.74) is 1.03. The van der Waals surface area contributed by atoms with E-state index in [1.54, 1.807) is 12.1 Å². The van der Waals surface area contributed by atoms with E-state index in [1.165, 1.54) is 12.1 Å². The summed E-state index contributed by atoms with van der Waals surface area (Å²) >= 11 is 0. The van der Waals surface area contributed by atoms with Crippen molar-refractivity contribution < 1.29 is 22.6 Å². The number of hydrogen-bond acceptors (Lipinski definition) is 7. The van der Waals surface area contributed by atoms with Crippen molar-refractivity contribution in [3.8, 4) is 5.75 Å². The molecule has 2 aliphatic heterocycles. The Labute approximate surface area is 174 Å². The minimum Gasteiger partial charge on any atom is -0.748 e. The van der Waals surface area contributed by atoms with Gasteiger partial charge in [0.2, 0.25) is 5.72 Å². The Morgan fingerprint density at radius 2 is 1.90 bits per heavy atom. The van der Waals surface area contributed by atoms with Crippen molar-refractivity contribution in [2.45, 2.75) is 31.4 Å². The van der Waals surface area contributed by atoms with Gasteiger partial charge < -0.3 is 14.2 Å². The van der Waals surface area contributed by atoms with Crippen LogP contribution in [0.1, 0.15) is 31.4 Å². The molecule has 8 nitrogen and oxygen atoms in total. The van der Waals surface area contributed by atoms with Gasteiger partial charge in [0, 0.05) is 35.7 Å². The number of rotatable bonds is 5. The number of non-ortho nitro benzene ring substituents is 1. The Morgan fingerprint density at radius 3 is 2.60 bits per heavy atom. The predicted molar refractivity (Wildman–Crippen MR) is 111 cm³/mol. The van der Waals surface area contributed by atoms with Crippen LogP contribution in [0, 0.1) is 10.1 Å². The third kappa shape index (κ3) is 3.14. The fraction of sp³-hybridized carbons (Fsp3) is 0.333. The van der Waals surface area contributed by atoms with Crippen molar-refractivity contribution in [2.24, 2.45) is 0 Å². The average Bonchev–Trinajstić information content (AvgIpc) is 2.85. The van der Waals surface area contributed by atoms with Crippen LogP contribution in [0.5, 0.6) is 5.75 Å². The fourth-order valence-corrected chi connectivity index (χ4v) is 4.87. The van der Waals surface area contributed by atoms with Gasteiger partial charge in [-0.3, -0.25) is 10.1 Å². The topological polar surface area (TPSA) is 113 Å². The van der Waals surface area contributed by atoms with Crippen molar-refractivity contribution >= 4 is 27.6 Å². The highest BCUT2D eigenvalue weighted by Crippen LogP contribution is 2.55. The zero-order chi connectivity index (χ0) is 21.7. The molecule has 2 heterocycles. The molecule has 1 unspecified atom stereocenters. The molecule has 2 aromatic rings. The minimum atomic E-state index is -4.33. The quantitative estimate of drug-likeness (QED) is 0.406. The van der Waals surface area contributed by atoms with Crippen molar-refractivity contribution in [1.29, 1.82) is 0 Å². The molecule has 1 atom stereocenters. The number of fused-ring (bicyclic) bond motifs is 2. The lowest BCUT2D eigenvalue weighted by atomic mass is 9.76. The maximum Gasteiger partial charge on any atom is 0.270 e. The van der Waals surface area contributed by atoms with E-state index in [0.717, 1.165) is 11.3 Å². The molecule has 0 saturated carbocycles. The van der Waals surface area contributed by atoms with E-state index in [1.807, 2.05) is 49.1 Å². The molecular formula is C21H21N2O6S-. The van der Waals surface area contributed by atoms with Gasteiger partial charge in [-0.05, 0) is 50.1 Å². The van der Waals surface area contributed by atoms with Gasteiger partial charge in [0.25, 0.3) is 5.69 Å². The number of nitrogens with zero attached hydrogens (tertiary/aromatic N) is 2. The Hall–Kier alpha value is -2.91. The Bertz CT molecular complexity index is 1160. The van der Waals surface area contributed by atoms with E-state index in [9.17, 15) is 23.1 Å². The van der Waals surface area contributed by atoms with Gasteiger partial charge in [0.15, 0.2) is 0 Å². The normalized spacial score (nSPS) is 21.2. The fourth-order valence-electron chi connectivity index (χ4n) is 4.39. The van der Waals surface area contributed by atoms with Gasteiger partial charge in [-0.25, -0.2) is 8.42 Å². The van der Waals surface area contributed by atoms with Gasteiger partial charge >= 0.3 is 0 Å². The molecule has 2 aromatic carbocycles. The van der Waals surface area contributed by atoms with Gasteiger partial charge in [-0.15, -0.1) is 0 Å². The highest BCUT2D eigenvalue weighted by Gasteiger charge is 2.58. The van der Waals surface area contributed by atoms with Crippen LogP contribution in [0.4, 0.5) is 11.4 Å². The largest absolute Gasteiger partial charge is 0.748 e. The van der Waals surface area contributed by atoms with Crippen LogP contribution in [0.15, 0.2) is 48.5 Å².